The number of ether oxygens (including phenoxy) is 1. The first-order valence-electron chi connectivity index (χ1n) is 4.77. The van der Waals surface area contributed by atoms with Gasteiger partial charge in [0.2, 0.25) is 0 Å². The molecule has 0 aliphatic carbocycles. The summed E-state index contributed by atoms with van der Waals surface area (Å²) < 4.78 is 4.98. The molecule has 1 heterocycles. The van der Waals surface area contributed by atoms with Crippen molar-refractivity contribution in [2.24, 2.45) is 5.73 Å². The molecule has 0 saturated heterocycles. The van der Waals surface area contributed by atoms with E-state index in [0.29, 0.717) is 12.0 Å². The maximum absolute atomic E-state index is 11.3. The summed E-state index contributed by atoms with van der Waals surface area (Å²) in [5.41, 5.74) is 6.18. The van der Waals surface area contributed by atoms with Gasteiger partial charge < -0.3 is 10.5 Å². The van der Waals surface area contributed by atoms with Gasteiger partial charge in [0.25, 0.3) is 0 Å². The van der Waals surface area contributed by atoms with Crippen LogP contribution in [0, 0.1) is 0 Å². The van der Waals surface area contributed by atoms with Gasteiger partial charge in [-0.25, -0.2) is 4.98 Å². The molecule has 1 aromatic heterocycles. The van der Waals surface area contributed by atoms with E-state index < -0.39 is 12.0 Å². The van der Waals surface area contributed by atoms with Crippen molar-refractivity contribution in [2.45, 2.75) is 26.0 Å². The number of nitrogens with zero attached hydrogens (tertiary/aromatic N) is 1. The molecule has 0 aliphatic rings. The van der Waals surface area contributed by atoms with Crippen LogP contribution in [-0.4, -0.2) is 17.0 Å². The highest BCUT2D eigenvalue weighted by Crippen LogP contribution is 2.15. The molecule has 0 aromatic carbocycles. The van der Waals surface area contributed by atoms with E-state index in [9.17, 15) is 4.79 Å². The number of halogens is 3. The predicted molar refractivity (Wildman–Crippen MR) is 69.6 cm³/mol. The van der Waals surface area contributed by atoms with Gasteiger partial charge in [0.05, 0.1) is 0 Å². The van der Waals surface area contributed by atoms with E-state index >= 15 is 0 Å². The topological polar surface area (TPSA) is 65.2 Å². The molecule has 1 rings (SSSR count). The van der Waals surface area contributed by atoms with Crippen LogP contribution in [0.2, 0.25) is 10.3 Å². The van der Waals surface area contributed by atoms with Crippen LogP contribution >= 0.6 is 35.6 Å². The van der Waals surface area contributed by atoms with Crippen LogP contribution in [0.15, 0.2) is 12.1 Å². The Kier molecular flexibility index (Phi) is 7.46. The average Bonchev–Trinajstić information content (AvgIpc) is 2.23. The van der Waals surface area contributed by atoms with Crippen LogP contribution < -0.4 is 5.73 Å². The summed E-state index contributed by atoms with van der Waals surface area (Å²) in [5.74, 6) is -0.438. The normalized spacial score (nSPS) is 11.5. The van der Waals surface area contributed by atoms with E-state index in [1.54, 1.807) is 12.1 Å². The first-order valence-corrected chi connectivity index (χ1v) is 5.52. The summed E-state index contributed by atoms with van der Waals surface area (Å²) in [7, 11) is 0. The lowest BCUT2D eigenvalue weighted by Crippen LogP contribution is -2.31. The highest BCUT2D eigenvalue weighted by Gasteiger charge is 2.12. The molecule has 96 valence electrons. The van der Waals surface area contributed by atoms with Crippen LogP contribution in [0.4, 0.5) is 0 Å². The van der Waals surface area contributed by atoms with Crippen molar-refractivity contribution in [2.75, 3.05) is 0 Å². The van der Waals surface area contributed by atoms with Gasteiger partial charge in [-0.3, -0.25) is 4.79 Å². The molecule has 2 N–H and O–H groups in total. The number of esters is 1. The lowest BCUT2D eigenvalue weighted by molar-refractivity contribution is -0.146. The first kappa shape index (κ1) is 16.4. The van der Waals surface area contributed by atoms with Crippen molar-refractivity contribution >= 4 is 41.6 Å². The molecule has 1 atom stereocenters. The van der Waals surface area contributed by atoms with Crippen LogP contribution in [0.1, 0.15) is 18.9 Å². The summed E-state index contributed by atoms with van der Waals surface area (Å²) >= 11 is 11.4. The Balaban J connectivity index is 0.00000256. The van der Waals surface area contributed by atoms with Crippen molar-refractivity contribution < 1.29 is 9.53 Å². The van der Waals surface area contributed by atoms with Crippen molar-refractivity contribution in [3.05, 3.63) is 28.0 Å². The van der Waals surface area contributed by atoms with E-state index in [-0.39, 0.29) is 29.3 Å². The summed E-state index contributed by atoms with van der Waals surface area (Å²) in [5, 5.41) is 0.525. The van der Waals surface area contributed by atoms with Gasteiger partial charge in [-0.15, -0.1) is 12.4 Å². The number of carbonyl (C=O) groups is 1. The smallest absolute Gasteiger partial charge is 0.323 e. The summed E-state index contributed by atoms with van der Waals surface area (Å²) in [6, 6.07) is 2.57. The zero-order valence-electron chi connectivity index (χ0n) is 9.15. The molecule has 0 amide bonds. The molecule has 7 heteroatoms. The van der Waals surface area contributed by atoms with E-state index in [0.717, 1.165) is 0 Å². The van der Waals surface area contributed by atoms with E-state index in [4.69, 9.17) is 33.7 Å². The van der Waals surface area contributed by atoms with Gasteiger partial charge in [-0.1, -0.05) is 30.1 Å². The number of hydrogen-bond acceptors (Lipinski definition) is 4. The summed E-state index contributed by atoms with van der Waals surface area (Å²) in [6.45, 7) is 1.90. The maximum Gasteiger partial charge on any atom is 0.323 e. The molecule has 4 nitrogen and oxygen atoms in total. The fourth-order valence-electron chi connectivity index (χ4n) is 1.03. The summed E-state index contributed by atoms with van der Waals surface area (Å²) in [6.07, 6.45) is 0.538. The minimum absolute atomic E-state index is 0. The Morgan fingerprint density at radius 1 is 1.47 bits per heavy atom. The second kappa shape index (κ2) is 7.71. The van der Waals surface area contributed by atoms with Gasteiger partial charge in [-0.2, -0.15) is 0 Å². The third kappa shape index (κ3) is 5.55. The van der Waals surface area contributed by atoms with Gasteiger partial charge in [0, 0.05) is 0 Å². The van der Waals surface area contributed by atoms with Crippen LogP contribution in [0.25, 0.3) is 0 Å². The zero-order chi connectivity index (χ0) is 12.1. The van der Waals surface area contributed by atoms with Crippen LogP contribution in [0.5, 0.6) is 0 Å². The van der Waals surface area contributed by atoms with Crippen molar-refractivity contribution in [1.29, 1.82) is 0 Å². The van der Waals surface area contributed by atoms with Gasteiger partial charge in [-0.05, 0) is 24.1 Å². The van der Waals surface area contributed by atoms with Crippen molar-refractivity contribution in [1.82, 2.24) is 4.98 Å². The number of pyridine rings is 1. The molecule has 1 aromatic rings. The van der Waals surface area contributed by atoms with Crippen LogP contribution in [0.3, 0.4) is 0 Å². The number of aromatic nitrogens is 1. The van der Waals surface area contributed by atoms with E-state index in [2.05, 4.69) is 4.98 Å². The molecule has 0 aliphatic heterocycles. The van der Waals surface area contributed by atoms with Gasteiger partial charge in [0.15, 0.2) is 0 Å². The predicted octanol–water partition coefficient (Wildman–Crippen LogP) is 2.59. The fourth-order valence-corrected chi connectivity index (χ4v) is 1.53. The number of rotatable bonds is 4. The molecule has 0 saturated carbocycles. The van der Waals surface area contributed by atoms with Crippen molar-refractivity contribution in [3.8, 4) is 0 Å². The Morgan fingerprint density at radius 3 is 2.47 bits per heavy atom. The molecule has 0 spiro atoms. The van der Waals surface area contributed by atoms with Crippen LogP contribution in [-0.2, 0) is 16.1 Å². The average molecular weight is 300 g/mol. The lowest BCUT2D eigenvalue weighted by atomic mass is 10.2. The minimum atomic E-state index is -0.590. The van der Waals surface area contributed by atoms with Crippen molar-refractivity contribution in [3.63, 3.8) is 0 Å². The SMILES string of the molecule is CC[C@H](N)C(=O)OCc1cc(Cl)nc(Cl)c1.Cl. The van der Waals surface area contributed by atoms with E-state index in [1.165, 1.54) is 0 Å². The molecule has 0 bridgehead atoms. The second-order valence-electron chi connectivity index (χ2n) is 3.24. The quantitative estimate of drug-likeness (QED) is 0.685. The maximum atomic E-state index is 11.3. The third-order valence-electron chi connectivity index (χ3n) is 1.95. The zero-order valence-corrected chi connectivity index (χ0v) is 11.5. The fraction of sp³-hybridized carbons (Fsp3) is 0.400. The minimum Gasteiger partial charge on any atom is -0.460 e. The standard InChI is InChI=1S/C10H12Cl2N2O2.ClH/c1-2-7(13)10(15)16-5-6-3-8(11)14-9(12)4-6;/h3-4,7H,2,5,13H2,1H3;1H/t7-;/m0./s1. The highest BCUT2D eigenvalue weighted by molar-refractivity contribution is 6.32. The number of carbonyl (C=O) groups excluding carboxylic acids is 1. The molecular weight excluding hydrogens is 286 g/mol. The molecule has 0 unspecified atom stereocenters. The Bertz CT molecular complexity index is 368. The Morgan fingerprint density at radius 2 is 2.00 bits per heavy atom. The van der Waals surface area contributed by atoms with E-state index in [1.807, 2.05) is 6.92 Å². The largest absolute Gasteiger partial charge is 0.460 e. The molecule has 17 heavy (non-hydrogen) atoms. The number of hydrogen-bond donors (Lipinski definition) is 1. The number of nitrogens with two attached hydrogens (primary N) is 1. The molecule has 0 fully saturated rings. The third-order valence-corrected chi connectivity index (χ3v) is 2.33. The monoisotopic (exact) mass is 298 g/mol. The lowest BCUT2D eigenvalue weighted by Gasteiger charge is -2.09. The molecule has 0 radical (unpaired) electrons. The first-order chi connectivity index (χ1) is 7.52. The Labute approximate surface area is 116 Å². The summed E-state index contributed by atoms with van der Waals surface area (Å²) in [4.78, 5) is 15.1. The second-order valence-corrected chi connectivity index (χ2v) is 4.02. The van der Waals surface area contributed by atoms with Gasteiger partial charge in [0.1, 0.15) is 23.0 Å². The highest BCUT2D eigenvalue weighted by atomic mass is 35.5. The molecular formula is C10H13Cl3N2O2. The Hall–Kier alpha value is -0.550. The van der Waals surface area contributed by atoms with Gasteiger partial charge >= 0.3 is 5.97 Å².